The number of hydrogen-bond acceptors (Lipinski definition) is 5. The van der Waals surface area contributed by atoms with Gasteiger partial charge in [0.2, 0.25) is 5.91 Å². The number of anilines is 2. The van der Waals surface area contributed by atoms with Gasteiger partial charge in [-0.25, -0.2) is 4.98 Å². The summed E-state index contributed by atoms with van der Waals surface area (Å²) in [6, 6.07) is 9.73. The number of aromatic nitrogens is 1. The lowest BCUT2D eigenvalue weighted by atomic mass is 10.2. The van der Waals surface area contributed by atoms with E-state index >= 15 is 0 Å². The maximum absolute atomic E-state index is 12.6. The molecule has 2 aromatic rings. The summed E-state index contributed by atoms with van der Waals surface area (Å²) in [6.07, 6.45) is 0. The molecule has 0 aliphatic carbocycles. The third kappa shape index (κ3) is 3.80. The van der Waals surface area contributed by atoms with Crippen molar-refractivity contribution in [1.82, 2.24) is 4.98 Å². The average molecular weight is 420 g/mol. The van der Waals surface area contributed by atoms with E-state index in [9.17, 15) is 9.59 Å². The molecule has 0 spiro atoms. The van der Waals surface area contributed by atoms with Crippen LogP contribution in [0, 0.1) is 0 Å². The second-order valence-corrected chi connectivity index (χ2v) is 6.44. The monoisotopic (exact) mass is 419 g/mol. The standard InChI is InChI=1S/C18H18BrN3O4/c1-3-25-13-6-4-12(5-7-13)20-18(24)11(2)22-16(23)10-26-14-8-9-15(19)21-17(14)22/h4-9,11H,3,10H2,1-2H3,(H,20,24). The van der Waals surface area contributed by atoms with Gasteiger partial charge in [-0.2, -0.15) is 0 Å². The van der Waals surface area contributed by atoms with Crippen LogP contribution in [0.4, 0.5) is 11.5 Å². The Morgan fingerprint density at radius 2 is 2.08 bits per heavy atom. The van der Waals surface area contributed by atoms with E-state index in [-0.39, 0.29) is 18.4 Å². The van der Waals surface area contributed by atoms with E-state index in [1.165, 1.54) is 4.90 Å². The van der Waals surface area contributed by atoms with Crippen molar-refractivity contribution < 1.29 is 19.1 Å². The SMILES string of the molecule is CCOc1ccc(NC(=O)C(C)N2C(=O)COc3ccc(Br)nc32)cc1. The molecule has 0 bridgehead atoms. The molecule has 2 amide bonds. The van der Waals surface area contributed by atoms with Crippen LogP contribution in [0.1, 0.15) is 13.8 Å². The van der Waals surface area contributed by atoms with Gasteiger partial charge in [0.1, 0.15) is 16.4 Å². The molecule has 26 heavy (non-hydrogen) atoms. The van der Waals surface area contributed by atoms with Crippen LogP contribution in [0.2, 0.25) is 0 Å². The fourth-order valence-electron chi connectivity index (χ4n) is 2.59. The van der Waals surface area contributed by atoms with E-state index in [1.54, 1.807) is 43.3 Å². The number of halogens is 1. The molecule has 1 atom stereocenters. The van der Waals surface area contributed by atoms with Crippen molar-refractivity contribution in [2.24, 2.45) is 0 Å². The lowest BCUT2D eigenvalue weighted by Gasteiger charge is -2.32. The molecular formula is C18H18BrN3O4. The van der Waals surface area contributed by atoms with Gasteiger partial charge in [0.25, 0.3) is 5.91 Å². The maximum Gasteiger partial charge on any atom is 0.266 e. The Bertz CT molecular complexity index is 826. The topological polar surface area (TPSA) is 80.8 Å². The molecule has 1 N–H and O–H groups in total. The zero-order valence-corrected chi connectivity index (χ0v) is 15.9. The van der Waals surface area contributed by atoms with Crippen LogP contribution >= 0.6 is 15.9 Å². The first-order chi connectivity index (χ1) is 12.5. The van der Waals surface area contributed by atoms with Gasteiger partial charge in [-0.05, 0) is 66.2 Å². The zero-order chi connectivity index (χ0) is 18.7. The van der Waals surface area contributed by atoms with Gasteiger partial charge in [-0.15, -0.1) is 0 Å². The second kappa shape index (κ2) is 7.74. The molecule has 1 unspecified atom stereocenters. The third-order valence-electron chi connectivity index (χ3n) is 3.85. The van der Waals surface area contributed by atoms with Crippen LogP contribution < -0.4 is 19.7 Å². The Morgan fingerprint density at radius 3 is 2.77 bits per heavy atom. The van der Waals surface area contributed by atoms with Gasteiger partial charge in [0.05, 0.1) is 6.61 Å². The molecule has 2 heterocycles. The highest BCUT2D eigenvalue weighted by molar-refractivity contribution is 9.10. The van der Waals surface area contributed by atoms with Crippen molar-refractivity contribution in [3.05, 3.63) is 41.0 Å². The van der Waals surface area contributed by atoms with E-state index < -0.39 is 6.04 Å². The van der Waals surface area contributed by atoms with Crippen LogP contribution in [-0.2, 0) is 9.59 Å². The molecule has 8 heteroatoms. The van der Waals surface area contributed by atoms with Crippen molar-refractivity contribution in [2.75, 3.05) is 23.4 Å². The predicted octanol–water partition coefficient (Wildman–Crippen LogP) is 3.00. The summed E-state index contributed by atoms with van der Waals surface area (Å²) in [5.74, 6) is 0.873. The summed E-state index contributed by atoms with van der Waals surface area (Å²) in [5.41, 5.74) is 0.619. The fourth-order valence-corrected chi connectivity index (χ4v) is 2.89. The van der Waals surface area contributed by atoms with E-state index in [1.807, 2.05) is 6.92 Å². The van der Waals surface area contributed by atoms with E-state index in [2.05, 4.69) is 26.2 Å². The van der Waals surface area contributed by atoms with Gasteiger partial charge in [0, 0.05) is 5.69 Å². The molecule has 7 nitrogen and oxygen atoms in total. The Labute approximate surface area is 159 Å². The molecule has 136 valence electrons. The van der Waals surface area contributed by atoms with Gasteiger partial charge < -0.3 is 14.8 Å². The van der Waals surface area contributed by atoms with Gasteiger partial charge in [-0.1, -0.05) is 0 Å². The largest absolute Gasteiger partial charge is 0.494 e. The van der Waals surface area contributed by atoms with E-state index in [4.69, 9.17) is 9.47 Å². The lowest BCUT2D eigenvalue weighted by Crippen LogP contribution is -2.50. The first-order valence-electron chi connectivity index (χ1n) is 8.14. The first kappa shape index (κ1) is 18.2. The number of nitrogens with one attached hydrogen (secondary N) is 1. The Balaban J connectivity index is 1.78. The Hall–Kier alpha value is -2.61. The van der Waals surface area contributed by atoms with Crippen molar-refractivity contribution in [1.29, 1.82) is 0 Å². The van der Waals surface area contributed by atoms with E-state index in [0.29, 0.717) is 28.5 Å². The second-order valence-electron chi connectivity index (χ2n) is 5.63. The number of fused-ring (bicyclic) bond motifs is 1. The minimum atomic E-state index is -0.751. The minimum absolute atomic E-state index is 0.128. The minimum Gasteiger partial charge on any atom is -0.494 e. The van der Waals surface area contributed by atoms with Gasteiger partial charge in [-0.3, -0.25) is 14.5 Å². The number of carbonyl (C=O) groups excluding carboxylic acids is 2. The molecule has 1 aliphatic rings. The number of benzene rings is 1. The molecule has 1 aromatic heterocycles. The average Bonchev–Trinajstić information content (AvgIpc) is 2.63. The summed E-state index contributed by atoms with van der Waals surface area (Å²) >= 11 is 3.28. The Kier molecular flexibility index (Phi) is 5.41. The quantitative estimate of drug-likeness (QED) is 0.753. The number of carbonyl (C=O) groups is 2. The van der Waals surface area contributed by atoms with Crippen molar-refractivity contribution >= 4 is 39.2 Å². The number of ether oxygens (including phenoxy) is 2. The number of hydrogen-bond donors (Lipinski definition) is 1. The highest BCUT2D eigenvalue weighted by Crippen LogP contribution is 2.33. The number of pyridine rings is 1. The molecule has 1 aromatic carbocycles. The highest BCUT2D eigenvalue weighted by atomic mass is 79.9. The van der Waals surface area contributed by atoms with Crippen LogP contribution in [0.5, 0.6) is 11.5 Å². The summed E-state index contributed by atoms with van der Waals surface area (Å²) in [7, 11) is 0. The molecular weight excluding hydrogens is 402 g/mol. The maximum atomic E-state index is 12.6. The number of rotatable bonds is 5. The lowest BCUT2D eigenvalue weighted by molar-refractivity contribution is -0.125. The number of amides is 2. The first-order valence-corrected chi connectivity index (χ1v) is 8.94. The Morgan fingerprint density at radius 1 is 1.35 bits per heavy atom. The molecule has 0 fully saturated rings. The van der Waals surface area contributed by atoms with E-state index in [0.717, 1.165) is 5.75 Å². The van der Waals surface area contributed by atoms with Crippen LogP contribution in [0.3, 0.4) is 0 Å². The third-order valence-corrected chi connectivity index (χ3v) is 4.29. The van der Waals surface area contributed by atoms with Gasteiger partial charge >= 0.3 is 0 Å². The van der Waals surface area contributed by atoms with Crippen molar-refractivity contribution in [2.45, 2.75) is 19.9 Å². The summed E-state index contributed by atoms with van der Waals surface area (Å²) in [4.78, 5) is 30.6. The van der Waals surface area contributed by atoms with Crippen molar-refractivity contribution in [3.63, 3.8) is 0 Å². The summed E-state index contributed by atoms with van der Waals surface area (Å²) < 4.78 is 11.3. The van der Waals surface area contributed by atoms with Crippen LogP contribution in [0.15, 0.2) is 41.0 Å². The fraction of sp³-hybridized carbons (Fsp3) is 0.278. The van der Waals surface area contributed by atoms with Crippen LogP contribution in [0.25, 0.3) is 0 Å². The number of nitrogens with zero attached hydrogens (tertiary/aromatic N) is 2. The van der Waals surface area contributed by atoms with Gasteiger partial charge in [0.15, 0.2) is 18.2 Å². The molecule has 0 radical (unpaired) electrons. The molecule has 1 aliphatic heterocycles. The molecule has 0 saturated heterocycles. The normalized spacial score (nSPS) is 14.3. The van der Waals surface area contributed by atoms with Crippen LogP contribution in [-0.4, -0.2) is 36.1 Å². The summed E-state index contributed by atoms with van der Waals surface area (Å²) in [6.45, 7) is 4.00. The molecule has 0 saturated carbocycles. The molecule has 3 rings (SSSR count). The highest BCUT2D eigenvalue weighted by Gasteiger charge is 2.34. The smallest absolute Gasteiger partial charge is 0.266 e. The zero-order valence-electron chi connectivity index (χ0n) is 14.4. The predicted molar refractivity (Wildman–Crippen MR) is 101 cm³/mol. The summed E-state index contributed by atoms with van der Waals surface area (Å²) in [5, 5.41) is 2.81. The van der Waals surface area contributed by atoms with Crippen molar-refractivity contribution in [3.8, 4) is 11.5 Å².